The maximum atomic E-state index is 5.99. The highest BCUT2D eigenvalue weighted by Gasteiger charge is 2.39. The zero-order valence-electron chi connectivity index (χ0n) is 7.70. The molecule has 0 radical (unpaired) electrons. The van der Waals surface area contributed by atoms with Crippen LogP contribution >= 0.6 is 24.8 Å². The molecule has 0 aromatic carbocycles. The summed E-state index contributed by atoms with van der Waals surface area (Å²) in [6.07, 6.45) is 2.43. The van der Waals surface area contributed by atoms with Gasteiger partial charge in [0.15, 0.2) is 0 Å². The summed E-state index contributed by atoms with van der Waals surface area (Å²) in [4.78, 5) is 2.41. The van der Waals surface area contributed by atoms with Crippen molar-refractivity contribution in [3.8, 4) is 0 Å². The third-order valence-electron chi connectivity index (χ3n) is 2.53. The molecule has 0 amide bonds. The van der Waals surface area contributed by atoms with E-state index < -0.39 is 0 Å². The van der Waals surface area contributed by atoms with Gasteiger partial charge in [0.1, 0.15) is 0 Å². The minimum Gasteiger partial charge on any atom is -0.379 e. The summed E-state index contributed by atoms with van der Waals surface area (Å²) in [5, 5.41) is 0. The average molecular weight is 229 g/mol. The SMILES string of the molecule is Cl.Cl.NC1(CN2CCOCC2)CC1. The topological polar surface area (TPSA) is 38.5 Å². The maximum Gasteiger partial charge on any atom is 0.0594 e. The molecule has 2 rings (SSSR count). The molecular formula is C8H18Cl2N2O. The fourth-order valence-electron chi connectivity index (χ4n) is 1.52. The number of halogens is 2. The zero-order chi connectivity index (χ0) is 7.73. The molecule has 1 saturated carbocycles. The van der Waals surface area contributed by atoms with Crippen molar-refractivity contribution >= 4 is 24.8 Å². The second kappa shape index (κ2) is 5.37. The lowest BCUT2D eigenvalue weighted by Crippen LogP contribution is -2.44. The third kappa shape index (κ3) is 4.00. The van der Waals surface area contributed by atoms with E-state index >= 15 is 0 Å². The minimum absolute atomic E-state index is 0. The van der Waals surface area contributed by atoms with E-state index in [0.717, 1.165) is 32.8 Å². The molecule has 2 aliphatic rings. The molecule has 0 spiro atoms. The van der Waals surface area contributed by atoms with Gasteiger partial charge < -0.3 is 10.5 Å². The van der Waals surface area contributed by atoms with E-state index in [9.17, 15) is 0 Å². The molecule has 1 heterocycles. The molecule has 0 aromatic rings. The molecule has 0 unspecified atom stereocenters. The van der Waals surface area contributed by atoms with Crippen LogP contribution < -0.4 is 5.73 Å². The van der Waals surface area contributed by atoms with E-state index in [0.29, 0.717) is 0 Å². The number of nitrogens with two attached hydrogens (primary N) is 1. The third-order valence-corrected chi connectivity index (χ3v) is 2.53. The first kappa shape index (κ1) is 13.5. The van der Waals surface area contributed by atoms with Gasteiger partial charge in [0.25, 0.3) is 0 Å². The number of rotatable bonds is 2. The number of ether oxygens (including phenoxy) is 1. The number of nitrogens with zero attached hydrogens (tertiary/aromatic N) is 1. The monoisotopic (exact) mass is 228 g/mol. The van der Waals surface area contributed by atoms with Crippen LogP contribution in [0.4, 0.5) is 0 Å². The average Bonchev–Trinajstić information content (AvgIpc) is 2.70. The Balaban J connectivity index is 0.000000720. The van der Waals surface area contributed by atoms with Crippen molar-refractivity contribution in [3.63, 3.8) is 0 Å². The fourth-order valence-corrected chi connectivity index (χ4v) is 1.52. The van der Waals surface area contributed by atoms with Crippen LogP contribution in [0.5, 0.6) is 0 Å². The molecule has 1 aliphatic carbocycles. The number of hydrogen-bond donors (Lipinski definition) is 1. The number of hydrogen-bond acceptors (Lipinski definition) is 3. The van der Waals surface area contributed by atoms with Gasteiger partial charge in [0, 0.05) is 25.2 Å². The zero-order valence-corrected chi connectivity index (χ0v) is 9.33. The highest BCUT2D eigenvalue weighted by molar-refractivity contribution is 5.85. The Morgan fingerprint density at radius 3 is 2.15 bits per heavy atom. The summed E-state index contributed by atoms with van der Waals surface area (Å²) in [5.74, 6) is 0. The van der Waals surface area contributed by atoms with Crippen molar-refractivity contribution in [3.05, 3.63) is 0 Å². The molecule has 5 heteroatoms. The molecule has 3 nitrogen and oxygen atoms in total. The largest absolute Gasteiger partial charge is 0.379 e. The molecule has 0 bridgehead atoms. The lowest BCUT2D eigenvalue weighted by Gasteiger charge is -2.28. The molecule has 2 fully saturated rings. The Kier molecular flexibility index (Phi) is 5.56. The molecule has 13 heavy (non-hydrogen) atoms. The molecule has 0 aromatic heterocycles. The minimum atomic E-state index is 0. The van der Waals surface area contributed by atoms with Crippen LogP contribution in [0, 0.1) is 0 Å². The van der Waals surface area contributed by atoms with Gasteiger partial charge in [-0.1, -0.05) is 0 Å². The molecule has 0 atom stereocenters. The highest BCUT2D eigenvalue weighted by Crippen LogP contribution is 2.32. The smallest absolute Gasteiger partial charge is 0.0594 e. The van der Waals surface area contributed by atoms with Crippen molar-refractivity contribution < 1.29 is 4.74 Å². The van der Waals surface area contributed by atoms with Crippen molar-refractivity contribution in [2.24, 2.45) is 5.73 Å². The summed E-state index contributed by atoms with van der Waals surface area (Å²) >= 11 is 0. The number of morpholine rings is 1. The van der Waals surface area contributed by atoms with Crippen molar-refractivity contribution in [1.82, 2.24) is 4.90 Å². The lowest BCUT2D eigenvalue weighted by molar-refractivity contribution is 0.0340. The Morgan fingerprint density at radius 1 is 1.15 bits per heavy atom. The van der Waals surface area contributed by atoms with E-state index in [2.05, 4.69) is 4.90 Å². The van der Waals surface area contributed by atoms with E-state index in [-0.39, 0.29) is 30.4 Å². The fraction of sp³-hybridized carbons (Fsp3) is 1.00. The molecule has 1 saturated heterocycles. The van der Waals surface area contributed by atoms with Gasteiger partial charge in [0.2, 0.25) is 0 Å². The van der Waals surface area contributed by atoms with E-state index in [1.54, 1.807) is 0 Å². The molecule has 2 N–H and O–H groups in total. The van der Waals surface area contributed by atoms with Crippen molar-refractivity contribution in [2.45, 2.75) is 18.4 Å². The lowest BCUT2D eigenvalue weighted by atomic mass is 10.2. The van der Waals surface area contributed by atoms with Crippen LogP contribution in [0.15, 0.2) is 0 Å². The Morgan fingerprint density at radius 2 is 1.69 bits per heavy atom. The summed E-state index contributed by atoms with van der Waals surface area (Å²) in [6, 6.07) is 0. The van der Waals surface area contributed by atoms with E-state index in [1.165, 1.54) is 12.8 Å². The predicted molar refractivity (Wildman–Crippen MR) is 57.9 cm³/mol. The van der Waals surface area contributed by atoms with Crippen LogP contribution in [-0.4, -0.2) is 43.3 Å². The van der Waals surface area contributed by atoms with Gasteiger partial charge in [-0.15, -0.1) is 24.8 Å². The molecule has 80 valence electrons. The van der Waals surface area contributed by atoms with Crippen LogP contribution in [0.2, 0.25) is 0 Å². The van der Waals surface area contributed by atoms with E-state index in [4.69, 9.17) is 10.5 Å². The molecular weight excluding hydrogens is 211 g/mol. The first-order valence-corrected chi connectivity index (χ1v) is 4.38. The van der Waals surface area contributed by atoms with Crippen LogP contribution in [0.1, 0.15) is 12.8 Å². The van der Waals surface area contributed by atoms with Gasteiger partial charge in [-0.2, -0.15) is 0 Å². The van der Waals surface area contributed by atoms with Gasteiger partial charge >= 0.3 is 0 Å². The maximum absolute atomic E-state index is 5.99. The summed E-state index contributed by atoms with van der Waals surface area (Å²) in [5.41, 5.74) is 6.17. The second-order valence-electron chi connectivity index (χ2n) is 3.75. The summed E-state index contributed by atoms with van der Waals surface area (Å²) in [7, 11) is 0. The van der Waals surface area contributed by atoms with Crippen molar-refractivity contribution in [2.75, 3.05) is 32.8 Å². The summed E-state index contributed by atoms with van der Waals surface area (Å²) in [6.45, 7) is 4.99. The molecule has 1 aliphatic heterocycles. The Labute approximate surface area is 91.8 Å². The van der Waals surface area contributed by atoms with Crippen molar-refractivity contribution in [1.29, 1.82) is 0 Å². The second-order valence-corrected chi connectivity index (χ2v) is 3.75. The Hall–Kier alpha value is 0.460. The van der Waals surface area contributed by atoms with Crippen LogP contribution in [0.25, 0.3) is 0 Å². The predicted octanol–water partition coefficient (Wildman–Crippen LogP) is 0.653. The summed E-state index contributed by atoms with van der Waals surface area (Å²) < 4.78 is 5.25. The first-order chi connectivity index (χ1) is 5.29. The van der Waals surface area contributed by atoms with Crippen LogP contribution in [-0.2, 0) is 4.74 Å². The van der Waals surface area contributed by atoms with Crippen LogP contribution in [0.3, 0.4) is 0 Å². The first-order valence-electron chi connectivity index (χ1n) is 4.38. The van der Waals surface area contributed by atoms with Gasteiger partial charge in [-0.05, 0) is 12.8 Å². The standard InChI is InChI=1S/C8H16N2O.2ClH/c9-8(1-2-8)7-10-3-5-11-6-4-10;;/h1-7,9H2;2*1H. The normalized spacial score (nSPS) is 25.6. The highest BCUT2D eigenvalue weighted by atomic mass is 35.5. The van der Waals surface area contributed by atoms with Gasteiger partial charge in [0.05, 0.1) is 13.2 Å². The van der Waals surface area contributed by atoms with Gasteiger partial charge in [-0.25, -0.2) is 0 Å². The Bertz CT molecular complexity index is 147. The van der Waals surface area contributed by atoms with E-state index in [1.807, 2.05) is 0 Å². The van der Waals surface area contributed by atoms with Gasteiger partial charge in [-0.3, -0.25) is 4.90 Å². The quantitative estimate of drug-likeness (QED) is 0.755.